The van der Waals surface area contributed by atoms with Crippen LogP contribution >= 0.6 is 47.8 Å². The normalized spacial score (nSPS) is 11.0. The minimum absolute atomic E-state index is 0.0204. The minimum atomic E-state index is -0.167. The van der Waals surface area contributed by atoms with Gasteiger partial charge in [0.15, 0.2) is 16.8 Å². The second kappa shape index (κ2) is 5.55. The summed E-state index contributed by atoms with van der Waals surface area (Å²) in [6, 6.07) is 7.95. The number of hydrogen-bond donors (Lipinski definition) is 1. The number of halogens is 3. The average molecular weight is 476 g/mol. The van der Waals surface area contributed by atoms with Gasteiger partial charge in [0.25, 0.3) is 0 Å². The Morgan fingerprint density at radius 2 is 1.86 bits per heavy atom. The van der Waals surface area contributed by atoms with E-state index in [1.165, 1.54) is 12.1 Å². The van der Waals surface area contributed by atoms with E-state index in [0.29, 0.717) is 26.9 Å². The summed E-state index contributed by atoms with van der Waals surface area (Å²) >= 11 is 9.86. The Balaban J connectivity index is 2.30. The molecule has 0 radical (unpaired) electrons. The maximum absolute atomic E-state index is 12.2. The fourth-order valence-electron chi connectivity index (χ4n) is 1.87. The van der Waals surface area contributed by atoms with E-state index >= 15 is 0 Å². The number of aromatic nitrogens is 1. The van der Waals surface area contributed by atoms with Gasteiger partial charge in [-0.05, 0) is 56.1 Å². The molecule has 1 aromatic carbocycles. The molecule has 0 amide bonds. The molecule has 0 aliphatic rings. The van der Waals surface area contributed by atoms with Gasteiger partial charge < -0.3 is 9.52 Å². The number of fused-ring (bicyclic) bond motifs is 1. The highest BCUT2D eigenvalue weighted by Crippen LogP contribution is 2.31. The van der Waals surface area contributed by atoms with Crippen molar-refractivity contribution in [3.05, 3.63) is 54.1 Å². The lowest BCUT2D eigenvalue weighted by Gasteiger charge is -2.05. The van der Waals surface area contributed by atoms with Gasteiger partial charge in [-0.15, -0.1) is 0 Å². The van der Waals surface area contributed by atoms with Gasteiger partial charge in [-0.1, -0.05) is 15.9 Å². The van der Waals surface area contributed by atoms with Crippen molar-refractivity contribution in [2.75, 3.05) is 0 Å². The van der Waals surface area contributed by atoms with Gasteiger partial charge in [-0.3, -0.25) is 4.79 Å². The van der Waals surface area contributed by atoms with Crippen LogP contribution in [0.25, 0.3) is 22.4 Å². The second-order valence-corrected chi connectivity index (χ2v) is 6.77. The molecule has 1 N–H and O–H groups in total. The molecule has 0 aliphatic carbocycles. The Morgan fingerprint density at radius 3 is 2.57 bits per heavy atom. The molecule has 0 unspecified atom stereocenters. The summed E-state index contributed by atoms with van der Waals surface area (Å²) in [5, 5.41) is 9.95. The summed E-state index contributed by atoms with van der Waals surface area (Å²) in [4.78, 5) is 16.4. The first-order chi connectivity index (χ1) is 9.95. The smallest absolute Gasteiger partial charge is 0.193 e. The SMILES string of the molecule is O=c1cc(-c2ccc(O)c(Br)n2)oc2c(Br)cc(Br)cc12. The molecule has 2 aromatic heterocycles. The maximum atomic E-state index is 12.2. The lowest BCUT2D eigenvalue weighted by molar-refractivity contribution is 0.468. The Hall–Kier alpha value is -1.18. The molecule has 0 atom stereocenters. The zero-order valence-corrected chi connectivity index (χ0v) is 15.0. The first kappa shape index (κ1) is 14.7. The predicted octanol–water partition coefficient (Wildman–Crippen LogP) is 4.85. The standard InChI is InChI=1S/C14H6Br3NO3/c15-6-3-7-11(20)5-12(21-13(7)8(16)4-6)9-1-2-10(19)14(17)18-9/h1-5,19H. The fraction of sp³-hybridized carbons (Fsp3) is 0. The molecule has 0 saturated heterocycles. The molecular formula is C14H6Br3NO3. The van der Waals surface area contributed by atoms with E-state index in [2.05, 4.69) is 52.8 Å². The van der Waals surface area contributed by atoms with Crippen LogP contribution in [0.3, 0.4) is 0 Å². The highest BCUT2D eigenvalue weighted by atomic mass is 79.9. The Morgan fingerprint density at radius 1 is 1.10 bits per heavy atom. The average Bonchev–Trinajstić information content (AvgIpc) is 2.43. The van der Waals surface area contributed by atoms with E-state index in [9.17, 15) is 9.90 Å². The molecule has 7 heteroatoms. The summed E-state index contributed by atoms with van der Waals surface area (Å²) < 4.78 is 7.52. The van der Waals surface area contributed by atoms with E-state index in [-0.39, 0.29) is 15.8 Å². The highest BCUT2D eigenvalue weighted by Gasteiger charge is 2.12. The van der Waals surface area contributed by atoms with Crippen LogP contribution in [0.15, 0.2) is 53.1 Å². The molecule has 0 fully saturated rings. The van der Waals surface area contributed by atoms with Gasteiger partial charge in [0.1, 0.15) is 16.0 Å². The quantitative estimate of drug-likeness (QED) is 0.511. The largest absolute Gasteiger partial charge is 0.505 e. The van der Waals surface area contributed by atoms with Crippen LogP contribution in [0.4, 0.5) is 0 Å². The number of pyridine rings is 1. The van der Waals surface area contributed by atoms with Crippen molar-refractivity contribution in [3.63, 3.8) is 0 Å². The van der Waals surface area contributed by atoms with Gasteiger partial charge >= 0.3 is 0 Å². The topological polar surface area (TPSA) is 63.3 Å². The van der Waals surface area contributed by atoms with E-state index in [0.717, 1.165) is 4.47 Å². The lowest BCUT2D eigenvalue weighted by atomic mass is 10.2. The van der Waals surface area contributed by atoms with Crippen molar-refractivity contribution in [3.8, 4) is 17.2 Å². The molecule has 106 valence electrons. The number of nitrogens with zero attached hydrogens (tertiary/aromatic N) is 1. The van der Waals surface area contributed by atoms with Crippen molar-refractivity contribution in [1.29, 1.82) is 0 Å². The number of hydrogen-bond acceptors (Lipinski definition) is 4. The van der Waals surface area contributed by atoms with Crippen molar-refractivity contribution >= 4 is 58.8 Å². The molecule has 0 spiro atoms. The van der Waals surface area contributed by atoms with Gasteiger partial charge in [0, 0.05) is 10.5 Å². The summed E-state index contributed by atoms with van der Waals surface area (Å²) in [5.74, 6) is 0.350. The summed E-state index contributed by atoms with van der Waals surface area (Å²) in [5.41, 5.74) is 0.736. The van der Waals surface area contributed by atoms with Crippen LogP contribution in [0.1, 0.15) is 0 Å². The number of rotatable bonds is 1. The fourth-order valence-corrected chi connectivity index (χ4v) is 3.50. The molecule has 0 bridgehead atoms. The van der Waals surface area contributed by atoms with Gasteiger partial charge in [-0.25, -0.2) is 4.98 Å². The number of benzene rings is 1. The highest BCUT2D eigenvalue weighted by molar-refractivity contribution is 9.11. The Labute approximate surface area is 144 Å². The third kappa shape index (κ3) is 2.77. The van der Waals surface area contributed by atoms with Crippen LogP contribution in [0.5, 0.6) is 5.75 Å². The van der Waals surface area contributed by atoms with Crippen LogP contribution in [-0.2, 0) is 0 Å². The molecule has 0 saturated carbocycles. The van der Waals surface area contributed by atoms with Gasteiger partial charge in [0.05, 0.1) is 9.86 Å². The first-order valence-electron chi connectivity index (χ1n) is 5.74. The van der Waals surface area contributed by atoms with Crippen molar-refractivity contribution in [1.82, 2.24) is 4.98 Å². The van der Waals surface area contributed by atoms with Crippen molar-refractivity contribution < 1.29 is 9.52 Å². The van der Waals surface area contributed by atoms with E-state index in [1.807, 2.05) is 0 Å². The monoisotopic (exact) mass is 473 g/mol. The molecule has 3 aromatic rings. The van der Waals surface area contributed by atoms with E-state index < -0.39 is 0 Å². The number of aromatic hydroxyl groups is 1. The third-order valence-electron chi connectivity index (χ3n) is 2.83. The molecule has 3 rings (SSSR count). The summed E-state index contributed by atoms with van der Waals surface area (Å²) in [6.45, 7) is 0. The van der Waals surface area contributed by atoms with Gasteiger partial charge in [0.2, 0.25) is 0 Å². The first-order valence-corrected chi connectivity index (χ1v) is 8.12. The van der Waals surface area contributed by atoms with Crippen molar-refractivity contribution in [2.45, 2.75) is 0 Å². The van der Waals surface area contributed by atoms with Crippen LogP contribution in [0.2, 0.25) is 0 Å². The minimum Gasteiger partial charge on any atom is -0.505 e. The predicted molar refractivity (Wildman–Crippen MR) is 90.5 cm³/mol. The molecular weight excluding hydrogens is 470 g/mol. The molecule has 21 heavy (non-hydrogen) atoms. The van der Waals surface area contributed by atoms with Crippen LogP contribution in [0, 0.1) is 0 Å². The van der Waals surface area contributed by atoms with Crippen molar-refractivity contribution in [2.24, 2.45) is 0 Å². The van der Waals surface area contributed by atoms with E-state index in [1.54, 1.807) is 18.2 Å². The molecule has 4 nitrogen and oxygen atoms in total. The lowest BCUT2D eigenvalue weighted by Crippen LogP contribution is -2.01. The molecule has 0 aliphatic heterocycles. The third-order valence-corrected chi connectivity index (χ3v) is 4.46. The van der Waals surface area contributed by atoms with Crippen LogP contribution < -0.4 is 5.43 Å². The van der Waals surface area contributed by atoms with Gasteiger partial charge in [-0.2, -0.15) is 0 Å². The second-order valence-electron chi connectivity index (χ2n) is 4.25. The Bertz CT molecular complexity index is 921. The Kier molecular flexibility index (Phi) is 3.90. The zero-order valence-electron chi connectivity index (χ0n) is 10.2. The zero-order chi connectivity index (χ0) is 15.1. The summed E-state index contributed by atoms with van der Waals surface area (Å²) in [7, 11) is 0. The van der Waals surface area contributed by atoms with Crippen LogP contribution in [-0.4, -0.2) is 10.1 Å². The summed E-state index contributed by atoms with van der Waals surface area (Å²) in [6.07, 6.45) is 0. The maximum Gasteiger partial charge on any atom is 0.193 e. The molecule has 2 heterocycles. The van der Waals surface area contributed by atoms with E-state index in [4.69, 9.17) is 4.42 Å².